The van der Waals surface area contributed by atoms with Gasteiger partial charge in [-0.25, -0.2) is 9.07 Å². The van der Waals surface area contributed by atoms with Crippen molar-refractivity contribution in [1.82, 2.24) is 14.7 Å². The summed E-state index contributed by atoms with van der Waals surface area (Å²) in [5.74, 6) is -0.605. The van der Waals surface area contributed by atoms with Crippen molar-refractivity contribution in [1.29, 1.82) is 5.26 Å². The fraction of sp³-hybridized carbons (Fsp3) is 0.389. The smallest absolute Gasteiger partial charge is 0.251 e. The average Bonchev–Trinajstić information content (AvgIpc) is 3.10. The first kappa shape index (κ1) is 17.1. The quantitative estimate of drug-likeness (QED) is 0.924. The number of rotatable bonds is 3. The molecule has 1 aromatic heterocycles. The van der Waals surface area contributed by atoms with Crippen molar-refractivity contribution in [2.75, 3.05) is 13.1 Å². The Morgan fingerprint density at radius 3 is 2.72 bits per heavy atom. The van der Waals surface area contributed by atoms with Gasteiger partial charge in [-0.2, -0.15) is 10.4 Å². The van der Waals surface area contributed by atoms with E-state index in [0.717, 1.165) is 18.5 Å². The van der Waals surface area contributed by atoms with Gasteiger partial charge in [0.1, 0.15) is 17.6 Å². The van der Waals surface area contributed by atoms with Crippen LogP contribution in [0.5, 0.6) is 0 Å². The third-order valence-corrected chi connectivity index (χ3v) is 4.56. The van der Waals surface area contributed by atoms with E-state index in [1.54, 1.807) is 27.9 Å². The van der Waals surface area contributed by atoms with Crippen LogP contribution in [-0.2, 0) is 4.79 Å². The number of amides is 1. The minimum atomic E-state index is -0.991. The topological polar surface area (TPSA) is 82.2 Å². The number of carbonyl (C=O) groups is 1. The van der Waals surface area contributed by atoms with Crippen molar-refractivity contribution in [2.24, 2.45) is 0 Å². The lowest BCUT2D eigenvalue weighted by Gasteiger charge is -2.33. The first-order valence-corrected chi connectivity index (χ1v) is 8.22. The number of nitriles is 1. The molecule has 1 unspecified atom stereocenters. The fourth-order valence-electron chi connectivity index (χ4n) is 3.23. The molecule has 1 aliphatic rings. The van der Waals surface area contributed by atoms with Gasteiger partial charge in [0.05, 0.1) is 11.6 Å². The van der Waals surface area contributed by atoms with Gasteiger partial charge in [-0.15, -0.1) is 0 Å². The molecule has 1 aromatic carbocycles. The number of piperidine rings is 1. The van der Waals surface area contributed by atoms with Crippen LogP contribution in [0.1, 0.15) is 36.9 Å². The van der Waals surface area contributed by atoms with Gasteiger partial charge < -0.3 is 10.0 Å². The molecule has 1 fully saturated rings. The van der Waals surface area contributed by atoms with Crippen molar-refractivity contribution in [3.63, 3.8) is 0 Å². The van der Waals surface area contributed by atoms with Crippen LogP contribution in [0.4, 0.5) is 4.39 Å². The van der Waals surface area contributed by atoms with E-state index in [9.17, 15) is 14.3 Å². The van der Waals surface area contributed by atoms with Gasteiger partial charge in [0, 0.05) is 30.9 Å². The number of aromatic nitrogens is 2. The third kappa shape index (κ3) is 3.39. The highest BCUT2D eigenvalue weighted by Gasteiger charge is 2.28. The third-order valence-electron chi connectivity index (χ3n) is 4.56. The second kappa shape index (κ2) is 7.03. The number of carbonyl (C=O) groups excluding carboxylic acids is 1. The van der Waals surface area contributed by atoms with E-state index < -0.39 is 11.9 Å². The Morgan fingerprint density at radius 2 is 2.12 bits per heavy atom. The zero-order valence-corrected chi connectivity index (χ0v) is 13.9. The van der Waals surface area contributed by atoms with Crippen molar-refractivity contribution in [2.45, 2.75) is 31.8 Å². The molecule has 1 atom stereocenters. The second-order valence-electron chi connectivity index (χ2n) is 6.22. The summed E-state index contributed by atoms with van der Waals surface area (Å²) in [6.07, 6.45) is 2.08. The van der Waals surface area contributed by atoms with E-state index in [0.29, 0.717) is 18.8 Å². The second-order valence-corrected chi connectivity index (χ2v) is 6.22. The minimum absolute atomic E-state index is 0.149. The van der Waals surface area contributed by atoms with Crippen molar-refractivity contribution < 1.29 is 14.3 Å². The summed E-state index contributed by atoms with van der Waals surface area (Å²) >= 11 is 0. The molecule has 0 saturated carbocycles. The summed E-state index contributed by atoms with van der Waals surface area (Å²) in [5, 5.41) is 22.5. The van der Waals surface area contributed by atoms with Crippen molar-refractivity contribution >= 4 is 5.91 Å². The first-order valence-electron chi connectivity index (χ1n) is 8.22. The Hall–Kier alpha value is -2.72. The number of aliphatic hydroxyl groups is 1. The zero-order valence-electron chi connectivity index (χ0n) is 13.9. The summed E-state index contributed by atoms with van der Waals surface area (Å²) in [6, 6.07) is 8.09. The van der Waals surface area contributed by atoms with Crippen LogP contribution in [0.25, 0.3) is 5.69 Å². The zero-order chi connectivity index (χ0) is 18.0. The molecule has 1 aliphatic heterocycles. The van der Waals surface area contributed by atoms with E-state index in [1.807, 2.05) is 12.1 Å². The Labute approximate surface area is 145 Å². The molecule has 1 N–H and O–H groups in total. The largest absolute Gasteiger partial charge is 0.384 e. The van der Waals surface area contributed by atoms with Crippen LogP contribution >= 0.6 is 0 Å². The molecule has 0 spiro atoms. The lowest BCUT2D eigenvalue weighted by atomic mass is 9.93. The highest BCUT2D eigenvalue weighted by Crippen LogP contribution is 2.30. The molecule has 3 rings (SSSR count). The van der Waals surface area contributed by atoms with Crippen LogP contribution in [0, 0.1) is 17.1 Å². The van der Waals surface area contributed by atoms with Crippen LogP contribution in [0.2, 0.25) is 0 Å². The standard InChI is InChI=1S/C18H19FN4O2/c1-12(24)18(25)22-8-5-14(6-9-22)16-4-7-21-23(16)17-3-2-13(11-20)10-15(17)19/h2-4,7,10,12,14,24H,5-6,8-9H2,1H3. The molecule has 7 heteroatoms. The lowest BCUT2D eigenvalue weighted by molar-refractivity contribution is -0.140. The van der Waals surface area contributed by atoms with Crippen molar-refractivity contribution in [3.05, 3.63) is 47.5 Å². The van der Waals surface area contributed by atoms with E-state index in [-0.39, 0.29) is 17.4 Å². The predicted octanol–water partition coefficient (Wildman–Crippen LogP) is 1.97. The monoisotopic (exact) mass is 342 g/mol. The summed E-state index contributed by atoms with van der Waals surface area (Å²) in [4.78, 5) is 13.5. The normalized spacial score (nSPS) is 16.5. The SMILES string of the molecule is CC(O)C(=O)N1CCC(c2ccnn2-c2ccc(C#N)cc2F)CC1. The van der Waals surface area contributed by atoms with Crippen LogP contribution < -0.4 is 0 Å². The molecular weight excluding hydrogens is 323 g/mol. The van der Waals surface area contributed by atoms with Gasteiger partial charge >= 0.3 is 0 Å². The van der Waals surface area contributed by atoms with Gasteiger partial charge in [-0.3, -0.25) is 4.79 Å². The number of benzene rings is 1. The van der Waals surface area contributed by atoms with Gasteiger partial charge in [0.2, 0.25) is 0 Å². The van der Waals surface area contributed by atoms with Crippen LogP contribution in [-0.4, -0.2) is 44.9 Å². The maximum atomic E-state index is 14.3. The fourth-order valence-corrected chi connectivity index (χ4v) is 3.23. The summed E-state index contributed by atoms with van der Waals surface area (Å²) in [5.41, 5.74) is 1.45. The number of hydrogen-bond donors (Lipinski definition) is 1. The molecule has 6 nitrogen and oxygen atoms in total. The van der Waals surface area contributed by atoms with E-state index in [2.05, 4.69) is 5.10 Å². The molecule has 0 aliphatic carbocycles. The maximum absolute atomic E-state index is 14.3. The number of halogens is 1. The number of aliphatic hydroxyl groups excluding tert-OH is 1. The van der Waals surface area contributed by atoms with Gasteiger partial charge in [-0.05, 0) is 44.0 Å². The molecule has 0 radical (unpaired) electrons. The molecule has 2 heterocycles. The summed E-state index contributed by atoms with van der Waals surface area (Å²) < 4.78 is 15.9. The molecule has 130 valence electrons. The minimum Gasteiger partial charge on any atom is -0.384 e. The summed E-state index contributed by atoms with van der Waals surface area (Å²) in [6.45, 7) is 2.57. The van der Waals surface area contributed by atoms with Gasteiger partial charge in [0.15, 0.2) is 0 Å². The van der Waals surface area contributed by atoms with Crippen LogP contribution in [0.3, 0.4) is 0 Å². The maximum Gasteiger partial charge on any atom is 0.251 e. The summed E-state index contributed by atoms with van der Waals surface area (Å²) in [7, 11) is 0. The number of hydrogen-bond acceptors (Lipinski definition) is 4. The Morgan fingerprint density at radius 1 is 1.40 bits per heavy atom. The van der Waals surface area contributed by atoms with E-state index in [4.69, 9.17) is 5.26 Å². The highest BCUT2D eigenvalue weighted by atomic mass is 19.1. The van der Waals surface area contributed by atoms with Gasteiger partial charge in [0.25, 0.3) is 5.91 Å². The van der Waals surface area contributed by atoms with E-state index >= 15 is 0 Å². The average molecular weight is 342 g/mol. The van der Waals surface area contributed by atoms with Crippen LogP contribution in [0.15, 0.2) is 30.5 Å². The molecular formula is C18H19FN4O2. The molecule has 0 bridgehead atoms. The first-order chi connectivity index (χ1) is 12.0. The van der Waals surface area contributed by atoms with E-state index in [1.165, 1.54) is 13.0 Å². The molecule has 1 saturated heterocycles. The Bertz CT molecular complexity index is 817. The van der Waals surface area contributed by atoms with Gasteiger partial charge in [-0.1, -0.05) is 0 Å². The predicted molar refractivity (Wildman–Crippen MR) is 88.5 cm³/mol. The van der Waals surface area contributed by atoms with Crippen molar-refractivity contribution in [3.8, 4) is 11.8 Å². The molecule has 2 aromatic rings. The molecule has 25 heavy (non-hydrogen) atoms. The lowest BCUT2D eigenvalue weighted by Crippen LogP contribution is -2.42. The Balaban J connectivity index is 1.80. The number of nitrogens with zero attached hydrogens (tertiary/aromatic N) is 4. The Kier molecular flexibility index (Phi) is 4.81. The number of likely N-dealkylation sites (tertiary alicyclic amines) is 1. The highest BCUT2D eigenvalue weighted by molar-refractivity contribution is 5.80. The molecule has 1 amide bonds.